The standard InChI is InChI=1S/C18H23N3OS/c1-12-8-9-16(10-13(12)2)22-11-15(4)20-18(23)21-17-7-5-6-14(3)19-17/h5-10,15H,11H2,1-4H3,(H2,19,20,21,23)/t15-/m0/s1. The Kier molecular flexibility index (Phi) is 5.93. The fourth-order valence-corrected chi connectivity index (χ4v) is 2.36. The van der Waals surface area contributed by atoms with E-state index in [9.17, 15) is 0 Å². The van der Waals surface area contributed by atoms with Crippen molar-refractivity contribution < 1.29 is 4.74 Å². The normalized spacial score (nSPS) is 11.7. The molecular formula is C18H23N3OS. The Hall–Kier alpha value is -2.14. The van der Waals surface area contributed by atoms with Crippen LogP contribution >= 0.6 is 12.2 Å². The van der Waals surface area contributed by atoms with Crippen LogP contribution in [0.5, 0.6) is 5.75 Å². The van der Waals surface area contributed by atoms with Gasteiger partial charge in [-0.2, -0.15) is 0 Å². The number of nitrogens with one attached hydrogen (secondary N) is 2. The molecule has 0 amide bonds. The van der Waals surface area contributed by atoms with Gasteiger partial charge in [-0.05, 0) is 75.3 Å². The van der Waals surface area contributed by atoms with Gasteiger partial charge in [-0.1, -0.05) is 12.1 Å². The highest BCUT2D eigenvalue weighted by Crippen LogP contribution is 2.16. The monoisotopic (exact) mass is 329 g/mol. The van der Waals surface area contributed by atoms with E-state index in [0.717, 1.165) is 17.3 Å². The number of hydrogen-bond donors (Lipinski definition) is 2. The molecule has 1 atom stereocenters. The zero-order valence-electron chi connectivity index (χ0n) is 14.0. The van der Waals surface area contributed by atoms with E-state index in [-0.39, 0.29) is 6.04 Å². The minimum Gasteiger partial charge on any atom is -0.491 e. The minimum absolute atomic E-state index is 0.0846. The van der Waals surface area contributed by atoms with Crippen LogP contribution in [-0.2, 0) is 0 Å². The Bertz CT molecular complexity index is 688. The molecule has 0 saturated carbocycles. The number of benzene rings is 1. The van der Waals surface area contributed by atoms with Gasteiger partial charge < -0.3 is 15.4 Å². The quantitative estimate of drug-likeness (QED) is 0.818. The lowest BCUT2D eigenvalue weighted by Crippen LogP contribution is -2.39. The van der Waals surface area contributed by atoms with E-state index in [0.29, 0.717) is 11.7 Å². The Morgan fingerprint density at radius 1 is 1.17 bits per heavy atom. The van der Waals surface area contributed by atoms with Crippen molar-refractivity contribution in [1.29, 1.82) is 0 Å². The largest absolute Gasteiger partial charge is 0.491 e. The number of anilines is 1. The molecule has 0 fully saturated rings. The first kappa shape index (κ1) is 17.2. The smallest absolute Gasteiger partial charge is 0.172 e. The summed E-state index contributed by atoms with van der Waals surface area (Å²) in [5, 5.41) is 6.82. The van der Waals surface area contributed by atoms with E-state index in [2.05, 4.69) is 41.6 Å². The van der Waals surface area contributed by atoms with Crippen LogP contribution in [0.3, 0.4) is 0 Å². The summed E-state index contributed by atoms with van der Waals surface area (Å²) < 4.78 is 5.81. The molecule has 1 aromatic carbocycles. The van der Waals surface area contributed by atoms with Gasteiger partial charge in [0.1, 0.15) is 18.2 Å². The molecule has 23 heavy (non-hydrogen) atoms. The molecule has 0 radical (unpaired) electrons. The predicted molar refractivity (Wildman–Crippen MR) is 99.2 cm³/mol. The lowest BCUT2D eigenvalue weighted by molar-refractivity contribution is 0.287. The SMILES string of the molecule is Cc1cccc(NC(=S)N[C@@H](C)COc2ccc(C)c(C)c2)n1. The van der Waals surface area contributed by atoms with Gasteiger partial charge in [0.05, 0.1) is 6.04 Å². The van der Waals surface area contributed by atoms with Crippen molar-refractivity contribution in [1.82, 2.24) is 10.3 Å². The van der Waals surface area contributed by atoms with Gasteiger partial charge in [0, 0.05) is 5.69 Å². The van der Waals surface area contributed by atoms with Crippen LogP contribution in [0.4, 0.5) is 5.82 Å². The van der Waals surface area contributed by atoms with Crippen LogP contribution in [0.15, 0.2) is 36.4 Å². The second kappa shape index (κ2) is 7.92. The summed E-state index contributed by atoms with van der Waals surface area (Å²) in [4.78, 5) is 4.36. The van der Waals surface area contributed by atoms with Crippen molar-refractivity contribution in [2.75, 3.05) is 11.9 Å². The molecule has 0 spiro atoms. The van der Waals surface area contributed by atoms with Gasteiger partial charge in [0.2, 0.25) is 0 Å². The molecule has 5 heteroatoms. The van der Waals surface area contributed by atoms with Crippen molar-refractivity contribution in [2.24, 2.45) is 0 Å². The lowest BCUT2D eigenvalue weighted by Gasteiger charge is -2.18. The third-order valence-electron chi connectivity index (χ3n) is 3.49. The minimum atomic E-state index is 0.0846. The molecule has 2 N–H and O–H groups in total. The van der Waals surface area contributed by atoms with Crippen molar-refractivity contribution in [3.05, 3.63) is 53.2 Å². The summed E-state index contributed by atoms with van der Waals surface area (Å²) in [5.74, 6) is 1.62. The van der Waals surface area contributed by atoms with Gasteiger partial charge in [-0.25, -0.2) is 4.98 Å². The highest BCUT2D eigenvalue weighted by atomic mass is 32.1. The van der Waals surface area contributed by atoms with Crippen LogP contribution in [0, 0.1) is 20.8 Å². The van der Waals surface area contributed by atoms with E-state index in [4.69, 9.17) is 17.0 Å². The molecule has 0 aliphatic carbocycles. The highest BCUT2D eigenvalue weighted by molar-refractivity contribution is 7.80. The molecule has 0 aliphatic heterocycles. The Morgan fingerprint density at radius 3 is 2.65 bits per heavy atom. The molecule has 1 aromatic heterocycles. The summed E-state index contributed by atoms with van der Waals surface area (Å²) >= 11 is 5.31. The van der Waals surface area contributed by atoms with Gasteiger partial charge in [0.15, 0.2) is 5.11 Å². The third-order valence-corrected chi connectivity index (χ3v) is 3.71. The van der Waals surface area contributed by atoms with Crippen LogP contribution < -0.4 is 15.4 Å². The number of hydrogen-bond acceptors (Lipinski definition) is 3. The number of aryl methyl sites for hydroxylation is 3. The third kappa shape index (κ3) is 5.53. The molecule has 2 rings (SSSR count). The first-order valence-electron chi connectivity index (χ1n) is 7.65. The van der Waals surface area contributed by atoms with Gasteiger partial charge in [0.25, 0.3) is 0 Å². The molecule has 0 bridgehead atoms. The van der Waals surface area contributed by atoms with Crippen molar-refractivity contribution in [2.45, 2.75) is 33.7 Å². The Balaban J connectivity index is 1.80. The number of pyridine rings is 1. The summed E-state index contributed by atoms with van der Waals surface area (Å²) in [7, 11) is 0. The zero-order chi connectivity index (χ0) is 16.8. The molecule has 0 unspecified atom stereocenters. The summed E-state index contributed by atoms with van der Waals surface area (Å²) in [6.45, 7) is 8.68. The van der Waals surface area contributed by atoms with E-state index in [1.807, 2.05) is 38.1 Å². The van der Waals surface area contributed by atoms with E-state index < -0.39 is 0 Å². The van der Waals surface area contributed by atoms with Crippen molar-refractivity contribution in [3.8, 4) is 5.75 Å². The fraction of sp³-hybridized carbons (Fsp3) is 0.333. The molecule has 0 aliphatic rings. The first-order valence-corrected chi connectivity index (χ1v) is 8.06. The second-order valence-electron chi connectivity index (χ2n) is 5.72. The fourth-order valence-electron chi connectivity index (χ4n) is 2.06. The number of aromatic nitrogens is 1. The second-order valence-corrected chi connectivity index (χ2v) is 6.13. The average Bonchev–Trinajstić information content (AvgIpc) is 2.48. The number of rotatable bonds is 5. The van der Waals surface area contributed by atoms with E-state index in [1.165, 1.54) is 11.1 Å². The van der Waals surface area contributed by atoms with Gasteiger partial charge in [-0.3, -0.25) is 0 Å². The molecular weight excluding hydrogens is 306 g/mol. The zero-order valence-corrected chi connectivity index (χ0v) is 14.8. The molecule has 2 aromatic rings. The van der Waals surface area contributed by atoms with Crippen LogP contribution in [0.1, 0.15) is 23.7 Å². The molecule has 4 nitrogen and oxygen atoms in total. The van der Waals surface area contributed by atoms with E-state index in [1.54, 1.807) is 0 Å². The maximum absolute atomic E-state index is 5.81. The summed E-state index contributed by atoms with van der Waals surface area (Å²) in [6, 6.07) is 12.0. The van der Waals surface area contributed by atoms with Crippen molar-refractivity contribution in [3.63, 3.8) is 0 Å². The molecule has 1 heterocycles. The summed E-state index contributed by atoms with van der Waals surface area (Å²) in [6.07, 6.45) is 0. The Morgan fingerprint density at radius 2 is 1.96 bits per heavy atom. The number of thiocarbonyl (C=S) groups is 1. The molecule has 0 saturated heterocycles. The van der Waals surface area contributed by atoms with Gasteiger partial charge in [-0.15, -0.1) is 0 Å². The van der Waals surface area contributed by atoms with Crippen molar-refractivity contribution >= 4 is 23.1 Å². The van der Waals surface area contributed by atoms with Crippen LogP contribution in [0.25, 0.3) is 0 Å². The maximum Gasteiger partial charge on any atom is 0.172 e. The number of ether oxygens (including phenoxy) is 1. The van der Waals surface area contributed by atoms with Crippen LogP contribution in [0.2, 0.25) is 0 Å². The van der Waals surface area contributed by atoms with Gasteiger partial charge >= 0.3 is 0 Å². The Labute approximate surface area is 143 Å². The summed E-state index contributed by atoms with van der Waals surface area (Å²) in [5.41, 5.74) is 3.44. The topological polar surface area (TPSA) is 46.2 Å². The van der Waals surface area contributed by atoms with E-state index >= 15 is 0 Å². The first-order chi connectivity index (χ1) is 10.9. The maximum atomic E-state index is 5.81. The predicted octanol–water partition coefficient (Wildman–Crippen LogP) is 3.76. The number of nitrogens with zero attached hydrogens (tertiary/aromatic N) is 1. The lowest BCUT2D eigenvalue weighted by atomic mass is 10.1. The highest BCUT2D eigenvalue weighted by Gasteiger charge is 2.07. The molecule has 122 valence electrons. The van der Waals surface area contributed by atoms with Crippen LogP contribution in [-0.4, -0.2) is 22.7 Å². The average molecular weight is 329 g/mol.